The van der Waals surface area contributed by atoms with Gasteiger partial charge in [-0.3, -0.25) is 5.41 Å². The number of hydrogen-bond acceptors (Lipinski definition) is 8. The number of fused-ring (bicyclic) bond motifs is 1. The molecule has 0 radical (unpaired) electrons. The van der Waals surface area contributed by atoms with Gasteiger partial charge < -0.3 is 35.9 Å². The van der Waals surface area contributed by atoms with Crippen LogP contribution in [0, 0.1) is 5.41 Å². The molecule has 0 amide bonds. The van der Waals surface area contributed by atoms with Gasteiger partial charge in [-0.05, 0) is 48.7 Å². The fraction of sp³-hybridized carbons (Fsp3) is 0.375. The van der Waals surface area contributed by atoms with E-state index in [1.165, 1.54) is 5.56 Å². The monoisotopic (exact) mass is 466 g/mol. The van der Waals surface area contributed by atoms with Crippen LogP contribution in [0.4, 0.5) is 0 Å². The van der Waals surface area contributed by atoms with Gasteiger partial charge in [0.15, 0.2) is 11.9 Å². The smallest absolute Gasteiger partial charge is 0.352 e. The Balaban J connectivity index is 1.50. The average Bonchev–Trinajstić information content (AvgIpc) is 2.84. The van der Waals surface area contributed by atoms with Gasteiger partial charge in [0.1, 0.15) is 17.6 Å². The Bertz CT molecular complexity index is 1070. The van der Waals surface area contributed by atoms with Crippen molar-refractivity contribution in [2.75, 3.05) is 26.2 Å². The minimum Gasteiger partial charge on any atom is -0.487 e. The largest absolute Gasteiger partial charge is 0.487 e. The Morgan fingerprint density at radius 2 is 2.00 bits per heavy atom. The second-order valence-corrected chi connectivity index (χ2v) is 8.15. The quantitative estimate of drug-likeness (QED) is 0.271. The fourth-order valence-corrected chi connectivity index (χ4v) is 3.95. The number of carbonyl (C=O) groups excluding carboxylic acids is 1. The standard InChI is InChI=1S/C24H30N6O4/c1-2-32-22(31)21(16-4-6-18(7-5-16)33-20-12-28-24(27)29-13-20)34-19-8-3-15-9-10-30(23(25)26)14-17(15)11-19/h3-8,11,20-21H,2,9-10,12-14H2,1H3,(H3,25,26)(H3,27,28,29). The van der Waals surface area contributed by atoms with Crippen LogP contribution < -0.4 is 26.3 Å². The summed E-state index contributed by atoms with van der Waals surface area (Å²) in [7, 11) is 0. The maximum absolute atomic E-state index is 12.7. The van der Waals surface area contributed by atoms with Crippen LogP contribution in [0.15, 0.2) is 47.5 Å². The number of esters is 1. The van der Waals surface area contributed by atoms with E-state index in [-0.39, 0.29) is 18.7 Å². The molecule has 0 bridgehead atoms. The van der Waals surface area contributed by atoms with Gasteiger partial charge in [0, 0.05) is 18.7 Å². The van der Waals surface area contributed by atoms with Crippen LogP contribution in [0.3, 0.4) is 0 Å². The summed E-state index contributed by atoms with van der Waals surface area (Å²) in [6, 6.07) is 12.9. The Hall–Kier alpha value is -3.95. The summed E-state index contributed by atoms with van der Waals surface area (Å²) >= 11 is 0. The number of rotatable bonds is 7. The average molecular weight is 467 g/mol. The molecule has 2 aliphatic rings. The van der Waals surface area contributed by atoms with E-state index in [0.717, 1.165) is 12.0 Å². The first-order valence-corrected chi connectivity index (χ1v) is 11.3. The van der Waals surface area contributed by atoms with Crippen molar-refractivity contribution in [3.05, 3.63) is 59.2 Å². The van der Waals surface area contributed by atoms with E-state index in [4.69, 9.17) is 31.1 Å². The third kappa shape index (κ3) is 5.51. The number of nitrogens with two attached hydrogens (primary N) is 2. The van der Waals surface area contributed by atoms with E-state index in [9.17, 15) is 4.79 Å². The summed E-state index contributed by atoms with van der Waals surface area (Å²) in [4.78, 5) is 18.7. The van der Waals surface area contributed by atoms with Crippen molar-refractivity contribution in [1.82, 2.24) is 10.2 Å². The van der Waals surface area contributed by atoms with E-state index in [1.807, 2.05) is 18.2 Å². The molecule has 0 spiro atoms. The zero-order valence-electron chi connectivity index (χ0n) is 19.1. The van der Waals surface area contributed by atoms with Crippen LogP contribution in [0.2, 0.25) is 0 Å². The molecule has 6 N–H and O–H groups in total. The molecule has 2 aromatic rings. The number of aliphatic imine (C=N–C) groups is 1. The second kappa shape index (κ2) is 10.3. The number of ether oxygens (including phenoxy) is 3. The highest BCUT2D eigenvalue weighted by molar-refractivity contribution is 5.78. The lowest BCUT2D eigenvalue weighted by Crippen LogP contribution is -2.45. The van der Waals surface area contributed by atoms with Gasteiger partial charge in [0.05, 0.1) is 19.7 Å². The highest BCUT2D eigenvalue weighted by atomic mass is 16.6. The van der Waals surface area contributed by atoms with Crippen molar-refractivity contribution >= 4 is 17.9 Å². The molecular formula is C24H30N6O4. The zero-order chi connectivity index (χ0) is 24.1. The Morgan fingerprint density at radius 1 is 1.24 bits per heavy atom. The van der Waals surface area contributed by atoms with Gasteiger partial charge in [-0.15, -0.1) is 0 Å². The molecule has 180 valence electrons. The summed E-state index contributed by atoms with van der Waals surface area (Å²) in [5.74, 6) is 1.20. The van der Waals surface area contributed by atoms with Gasteiger partial charge in [-0.25, -0.2) is 9.79 Å². The van der Waals surface area contributed by atoms with Crippen LogP contribution in [0.1, 0.15) is 29.7 Å². The lowest BCUT2D eigenvalue weighted by Gasteiger charge is -2.29. The summed E-state index contributed by atoms with van der Waals surface area (Å²) in [6.07, 6.45) is -0.257. The molecule has 0 saturated carbocycles. The Kier molecular flexibility index (Phi) is 7.05. The minimum absolute atomic E-state index is 0.0444. The first-order chi connectivity index (χ1) is 16.4. The fourth-order valence-electron chi connectivity index (χ4n) is 3.95. The molecule has 2 aromatic carbocycles. The zero-order valence-corrected chi connectivity index (χ0v) is 19.1. The van der Waals surface area contributed by atoms with Crippen molar-refractivity contribution in [2.45, 2.75) is 32.1 Å². The summed E-state index contributed by atoms with van der Waals surface area (Å²) in [5, 5.41) is 10.7. The van der Waals surface area contributed by atoms with Gasteiger partial charge >= 0.3 is 5.97 Å². The van der Waals surface area contributed by atoms with Crippen molar-refractivity contribution in [3.63, 3.8) is 0 Å². The third-order valence-corrected chi connectivity index (χ3v) is 5.75. The number of nitrogens with zero attached hydrogens (tertiary/aromatic N) is 2. The first-order valence-electron chi connectivity index (χ1n) is 11.3. The van der Waals surface area contributed by atoms with Crippen molar-refractivity contribution in [3.8, 4) is 11.5 Å². The number of hydrogen-bond donors (Lipinski definition) is 4. The molecule has 0 aliphatic carbocycles. The predicted octanol–water partition coefficient (Wildman–Crippen LogP) is 1.29. The minimum atomic E-state index is -0.930. The Morgan fingerprint density at radius 3 is 2.68 bits per heavy atom. The summed E-state index contributed by atoms with van der Waals surface area (Å²) in [6.45, 7) is 4.30. The lowest BCUT2D eigenvalue weighted by molar-refractivity contribution is -0.151. The summed E-state index contributed by atoms with van der Waals surface area (Å²) in [5.41, 5.74) is 14.1. The van der Waals surface area contributed by atoms with E-state index >= 15 is 0 Å². The third-order valence-electron chi connectivity index (χ3n) is 5.75. The molecule has 2 unspecified atom stereocenters. The van der Waals surface area contributed by atoms with Gasteiger partial charge in [0.25, 0.3) is 0 Å². The van der Waals surface area contributed by atoms with E-state index in [1.54, 1.807) is 36.1 Å². The number of benzene rings is 2. The number of carbonyl (C=O) groups is 1. The highest BCUT2D eigenvalue weighted by Crippen LogP contribution is 2.29. The topological polar surface area (TPSA) is 148 Å². The Labute approximate surface area is 198 Å². The number of nitrogens with one attached hydrogen (secondary N) is 2. The van der Waals surface area contributed by atoms with Gasteiger partial charge in [-0.2, -0.15) is 0 Å². The SMILES string of the molecule is CCOC(=O)C(Oc1ccc2c(c1)CN(C(=N)N)CC2)c1ccc(OC2CN=C(N)NC2)cc1. The van der Waals surface area contributed by atoms with E-state index < -0.39 is 12.1 Å². The molecule has 2 atom stereocenters. The molecule has 34 heavy (non-hydrogen) atoms. The van der Waals surface area contributed by atoms with Gasteiger partial charge in [0.2, 0.25) is 6.10 Å². The molecule has 2 heterocycles. The predicted molar refractivity (Wildman–Crippen MR) is 128 cm³/mol. The highest BCUT2D eigenvalue weighted by Gasteiger charge is 2.26. The molecule has 0 saturated heterocycles. The van der Waals surface area contributed by atoms with Crippen molar-refractivity contribution in [2.24, 2.45) is 16.5 Å². The van der Waals surface area contributed by atoms with Crippen LogP contribution in [0.5, 0.6) is 11.5 Å². The number of guanidine groups is 2. The van der Waals surface area contributed by atoms with E-state index in [0.29, 0.717) is 49.2 Å². The normalized spacial score (nSPS) is 18.1. The lowest BCUT2D eigenvalue weighted by atomic mass is 9.99. The molecule has 10 heteroatoms. The van der Waals surface area contributed by atoms with Crippen LogP contribution in [-0.4, -0.2) is 55.1 Å². The molecule has 4 rings (SSSR count). The molecule has 10 nitrogen and oxygen atoms in total. The van der Waals surface area contributed by atoms with Crippen molar-refractivity contribution < 1.29 is 19.0 Å². The van der Waals surface area contributed by atoms with Gasteiger partial charge in [-0.1, -0.05) is 18.2 Å². The summed E-state index contributed by atoms with van der Waals surface area (Å²) < 4.78 is 17.3. The molecule has 0 aromatic heterocycles. The van der Waals surface area contributed by atoms with Crippen LogP contribution in [-0.2, 0) is 22.5 Å². The van der Waals surface area contributed by atoms with E-state index in [2.05, 4.69) is 10.3 Å². The maximum Gasteiger partial charge on any atom is 0.352 e. The first kappa shape index (κ1) is 23.2. The maximum atomic E-state index is 12.7. The van der Waals surface area contributed by atoms with Crippen LogP contribution in [0.25, 0.3) is 0 Å². The molecule has 0 fully saturated rings. The second-order valence-electron chi connectivity index (χ2n) is 8.15. The molecule has 2 aliphatic heterocycles. The van der Waals surface area contributed by atoms with Crippen molar-refractivity contribution in [1.29, 1.82) is 5.41 Å². The van der Waals surface area contributed by atoms with Crippen LogP contribution >= 0.6 is 0 Å². The molecular weight excluding hydrogens is 436 g/mol.